The normalized spacial score (nSPS) is 20.8. The van der Waals surface area contributed by atoms with E-state index in [0.717, 1.165) is 45.0 Å². The molecule has 1 saturated heterocycles. The molecule has 1 unspecified atom stereocenters. The topological polar surface area (TPSA) is 37.6 Å². The Bertz CT molecular complexity index is 365. The van der Waals surface area contributed by atoms with Gasteiger partial charge in [-0.2, -0.15) is 0 Å². The molecule has 19 heavy (non-hydrogen) atoms. The van der Waals surface area contributed by atoms with E-state index in [0.29, 0.717) is 6.10 Å². The number of nitrogens with one attached hydrogen (secondary N) is 1. The van der Waals surface area contributed by atoms with E-state index in [9.17, 15) is 0 Å². The highest BCUT2D eigenvalue weighted by Gasteiger charge is 2.21. The van der Waals surface area contributed by atoms with E-state index in [-0.39, 0.29) is 0 Å². The quantitative estimate of drug-likeness (QED) is 0.822. The van der Waals surface area contributed by atoms with Gasteiger partial charge in [0, 0.05) is 25.3 Å². The molecule has 1 aromatic rings. The summed E-state index contributed by atoms with van der Waals surface area (Å²) in [6.45, 7) is 6.98. The standard InChI is InChI=1S/C15H26N2O2/c1-3-7-18-14-5-4-6-17(10-14)11-15-8-13(9-16-2)12-19-15/h8,12,14,16H,3-7,9-11H2,1-2H3. The average Bonchev–Trinajstić information content (AvgIpc) is 2.85. The van der Waals surface area contributed by atoms with Crippen LogP contribution in [0.5, 0.6) is 0 Å². The summed E-state index contributed by atoms with van der Waals surface area (Å²) < 4.78 is 11.5. The van der Waals surface area contributed by atoms with E-state index in [1.807, 2.05) is 13.3 Å². The van der Waals surface area contributed by atoms with Gasteiger partial charge in [0.1, 0.15) is 5.76 Å². The molecule has 108 valence electrons. The number of furan rings is 1. The zero-order valence-corrected chi connectivity index (χ0v) is 12.2. The number of nitrogens with zero attached hydrogens (tertiary/aromatic N) is 1. The van der Waals surface area contributed by atoms with Crippen molar-refractivity contribution in [1.29, 1.82) is 0 Å². The molecule has 0 radical (unpaired) electrons. The Morgan fingerprint density at radius 1 is 1.53 bits per heavy atom. The van der Waals surface area contributed by atoms with Crippen molar-refractivity contribution in [1.82, 2.24) is 10.2 Å². The summed E-state index contributed by atoms with van der Waals surface area (Å²) in [6.07, 6.45) is 5.77. The lowest BCUT2D eigenvalue weighted by atomic mass is 10.1. The number of hydrogen-bond acceptors (Lipinski definition) is 4. The van der Waals surface area contributed by atoms with Crippen LogP contribution in [0, 0.1) is 0 Å². The number of likely N-dealkylation sites (tertiary alicyclic amines) is 1. The molecule has 1 aliphatic rings. The van der Waals surface area contributed by atoms with E-state index < -0.39 is 0 Å². The maximum atomic E-state index is 5.86. The third kappa shape index (κ3) is 4.64. The Morgan fingerprint density at radius 3 is 3.21 bits per heavy atom. The first-order chi connectivity index (χ1) is 9.31. The Balaban J connectivity index is 1.80. The third-order valence-electron chi connectivity index (χ3n) is 3.49. The second kappa shape index (κ2) is 7.68. The SMILES string of the molecule is CCCOC1CCCN(Cc2cc(CNC)co2)C1. The molecule has 1 fully saturated rings. The Labute approximate surface area is 116 Å². The predicted octanol–water partition coefficient (Wildman–Crippen LogP) is 2.39. The molecule has 1 aliphatic heterocycles. The van der Waals surface area contributed by atoms with Gasteiger partial charge in [-0.1, -0.05) is 6.92 Å². The lowest BCUT2D eigenvalue weighted by Crippen LogP contribution is -2.39. The molecule has 4 heteroatoms. The van der Waals surface area contributed by atoms with E-state index >= 15 is 0 Å². The molecule has 0 amide bonds. The van der Waals surface area contributed by atoms with Crippen LogP contribution < -0.4 is 5.32 Å². The molecular formula is C15H26N2O2. The third-order valence-corrected chi connectivity index (χ3v) is 3.49. The van der Waals surface area contributed by atoms with Crippen molar-refractivity contribution >= 4 is 0 Å². The van der Waals surface area contributed by atoms with Crippen LogP contribution in [0.4, 0.5) is 0 Å². The molecule has 1 aromatic heterocycles. The maximum absolute atomic E-state index is 5.86. The van der Waals surface area contributed by atoms with Gasteiger partial charge in [-0.15, -0.1) is 0 Å². The van der Waals surface area contributed by atoms with Crippen molar-refractivity contribution in [3.05, 3.63) is 23.7 Å². The first-order valence-corrected chi connectivity index (χ1v) is 7.36. The first-order valence-electron chi connectivity index (χ1n) is 7.36. The molecule has 0 aromatic carbocycles. The summed E-state index contributed by atoms with van der Waals surface area (Å²) in [4.78, 5) is 2.44. The van der Waals surface area contributed by atoms with Gasteiger partial charge in [0.05, 0.1) is 18.9 Å². The van der Waals surface area contributed by atoms with Crippen molar-refractivity contribution in [3.63, 3.8) is 0 Å². The second-order valence-electron chi connectivity index (χ2n) is 5.32. The molecule has 2 heterocycles. The molecule has 4 nitrogen and oxygen atoms in total. The minimum absolute atomic E-state index is 0.403. The molecule has 1 N–H and O–H groups in total. The fourth-order valence-electron chi connectivity index (χ4n) is 2.60. The number of hydrogen-bond donors (Lipinski definition) is 1. The molecule has 1 atom stereocenters. The highest BCUT2D eigenvalue weighted by molar-refractivity contribution is 5.12. The van der Waals surface area contributed by atoms with Gasteiger partial charge in [0.25, 0.3) is 0 Å². The summed E-state index contributed by atoms with van der Waals surface area (Å²) >= 11 is 0. The number of ether oxygens (including phenoxy) is 1. The molecule has 0 aliphatic carbocycles. The molecule has 0 saturated carbocycles. The first kappa shape index (κ1) is 14.6. The van der Waals surface area contributed by atoms with Gasteiger partial charge in [-0.3, -0.25) is 4.90 Å². The number of piperidine rings is 1. The van der Waals surface area contributed by atoms with Crippen LogP contribution in [0.2, 0.25) is 0 Å². The lowest BCUT2D eigenvalue weighted by Gasteiger charge is -2.31. The van der Waals surface area contributed by atoms with E-state index in [1.54, 1.807) is 0 Å². The summed E-state index contributed by atoms with van der Waals surface area (Å²) in [5, 5.41) is 3.14. The monoisotopic (exact) mass is 266 g/mol. The molecule has 2 rings (SSSR count). The van der Waals surface area contributed by atoms with Gasteiger partial charge < -0.3 is 14.5 Å². The number of rotatable bonds is 7. The molecule has 0 spiro atoms. The van der Waals surface area contributed by atoms with E-state index in [4.69, 9.17) is 9.15 Å². The maximum Gasteiger partial charge on any atom is 0.118 e. The fourth-order valence-corrected chi connectivity index (χ4v) is 2.60. The van der Waals surface area contributed by atoms with Crippen LogP contribution in [0.15, 0.2) is 16.7 Å². The van der Waals surface area contributed by atoms with Crippen LogP contribution >= 0.6 is 0 Å². The zero-order chi connectivity index (χ0) is 13.5. The van der Waals surface area contributed by atoms with Crippen molar-refractivity contribution in [3.8, 4) is 0 Å². The predicted molar refractivity (Wildman–Crippen MR) is 76.0 cm³/mol. The van der Waals surface area contributed by atoms with Gasteiger partial charge in [0.15, 0.2) is 0 Å². The largest absolute Gasteiger partial charge is 0.468 e. The zero-order valence-electron chi connectivity index (χ0n) is 12.2. The van der Waals surface area contributed by atoms with Crippen molar-refractivity contribution in [2.45, 2.75) is 45.4 Å². The van der Waals surface area contributed by atoms with Crippen molar-refractivity contribution in [2.75, 3.05) is 26.7 Å². The molecule has 0 bridgehead atoms. The fraction of sp³-hybridized carbons (Fsp3) is 0.733. The highest BCUT2D eigenvalue weighted by Crippen LogP contribution is 2.17. The summed E-state index contributed by atoms with van der Waals surface area (Å²) in [5.41, 5.74) is 1.22. The van der Waals surface area contributed by atoms with Gasteiger partial charge >= 0.3 is 0 Å². The van der Waals surface area contributed by atoms with E-state index in [1.165, 1.54) is 18.4 Å². The molecular weight excluding hydrogens is 240 g/mol. The van der Waals surface area contributed by atoms with Crippen molar-refractivity contribution in [2.24, 2.45) is 0 Å². The minimum atomic E-state index is 0.403. The summed E-state index contributed by atoms with van der Waals surface area (Å²) in [5.74, 6) is 1.06. The minimum Gasteiger partial charge on any atom is -0.468 e. The van der Waals surface area contributed by atoms with Crippen LogP contribution in [-0.4, -0.2) is 37.7 Å². The van der Waals surface area contributed by atoms with Gasteiger partial charge in [-0.25, -0.2) is 0 Å². The Hall–Kier alpha value is -0.840. The second-order valence-corrected chi connectivity index (χ2v) is 5.32. The van der Waals surface area contributed by atoms with Gasteiger partial charge in [-0.05, 0) is 38.9 Å². The van der Waals surface area contributed by atoms with Gasteiger partial charge in [0.2, 0.25) is 0 Å². The smallest absolute Gasteiger partial charge is 0.118 e. The van der Waals surface area contributed by atoms with E-state index in [2.05, 4.69) is 23.2 Å². The Kier molecular flexibility index (Phi) is 5.89. The van der Waals surface area contributed by atoms with Crippen LogP contribution in [-0.2, 0) is 17.8 Å². The van der Waals surface area contributed by atoms with Crippen molar-refractivity contribution < 1.29 is 9.15 Å². The Morgan fingerprint density at radius 2 is 2.42 bits per heavy atom. The lowest BCUT2D eigenvalue weighted by molar-refractivity contribution is -0.00373. The highest BCUT2D eigenvalue weighted by atomic mass is 16.5. The van der Waals surface area contributed by atoms with Crippen LogP contribution in [0.3, 0.4) is 0 Å². The van der Waals surface area contributed by atoms with Crippen LogP contribution in [0.25, 0.3) is 0 Å². The van der Waals surface area contributed by atoms with Crippen LogP contribution in [0.1, 0.15) is 37.5 Å². The summed E-state index contributed by atoms with van der Waals surface area (Å²) in [6, 6.07) is 2.15. The summed E-state index contributed by atoms with van der Waals surface area (Å²) in [7, 11) is 1.95. The average molecular weight is 266 g/mol.